The van der Waals surface area contributed by atoms with Gasteiger partial charge in [0.1, 0.15) is 11.4 Å². The number of nitrogens with zero attached hydrogens (tertiary/aromatic N) is 2. The van der Waals surface area contributed by atoms with Gasteiger partial charge in [0.2, 0.25) is 0 Å². The van der Waals surface area contributed by atoms with E-state index in [0.717, 1.165) is 81.2 Å². The minimum atomic E-state index is -0.394. The maximum absolute atomic E-state index is 13.3. The van der Waals surface area contributed by atoms with E-state index < -0.39 is 5.97 Å². The van der Waals surface area contributed by atoms with Gasteiger partial charge in [-0.15, -0.1) is 0 Å². The highest BCUT2D eigenvalue weighted by molar-refractivity contribution is 6.35. The van der Waals surface area contributed by atoms with Crippen LogP contribution in [0, 0.1) is 5.41 Å². The van der Waals surface area contributed by atoms with Crippen molar-refractivity contribution in [2.24, 2.45) is 12.5 Å². The molecule has 242 valence electrons. The molecule has 2 N–H and O–H groups in total. The lowest BCUT2D eigenvalue weighted by atomic mass is 9.97. The number of hydrogen-bond donors (Lipinski definition) is 2. The third-order valence-corrected chi connectivity index (χ3v) is 9.47. The van der Waals surface area contributed by atoms with Crippen molar-refractivity contribution in [3.8, 4) is 16.9 Å². The summed E-state index contributed by atoms with van der Waals surface area (Å²) in [5.41, 5.74) is 5.74. The molecule has 5 aromatic rings. The predicted octanol–water partition coefficient (Wildman–Crippen LogP) is 7.80. The number of rotatable bonds is 15. The monoisotopic (exact) mass is 643 g/mol. The van der Waals surface area contributed by atoms with Crippen molar-refractivity contribution in [3.05, 3.63) is 82.3 Å². The maximum atomic E-state index is 13.3. The van der Waals surface area contributed by atoms with E-state index >= 15 is 0 Å². The van der Waals surface area contributed by atoms with E-state index in [1.165, 1.54) is 0 Å². The first-order chi connectivity index (χ1) is 22.4. The number of aromatic amines is 1. The molecular weight excluding hydrogens is 602 g/mol. The number of ether oxygens (including phenoxy) is 3. The molecule has 1 fully saturated rings. The third kappa shape index (κ3) is 6.39. The Hall–Kier alpha value is -3.85. The van der Waals surface area contributed by atoms with Gasteiger partial charge in [-0.1, -0.05) is 61.0 Å². The van der Waals surface area contributed by atoms with E-state index in [1.807, 2.05) is 55.1 Å². The van der Waals surface area contributed by atoms with E-state index in [-0.39, 0.29) is 18.6 Å². The van der Waals surface area contributed by atoms with Crippen molar-refractivity contribution in [2.75, 3.05) is 26.4 Å². The molecule has 2 aromatic heterocycles. The molecule has 0 aliphatic heterocycles. The highest BCUT2D eigenvalue weighted by Crippen LogP contribution is 2.49. The Morgan fingerprint density at radius 3 is 2.63 bits per heavy atom. The van der Waals surface area contributed by atoms with Crippen molar-refractivity contribution in [1.29, 1.82) is 0 Å². The topological polar surface area (TPSA) is 98.6 Å². The number of hydrogen-bond acceptors (Lipinski definition) is 6. The number of esters is 1. The van der Waals surface area contributed by atoms with Crippen LogP contribution in [-0.2, 0) is 36.0 Å². The maximum Gasteiger partial charge on any atom is 0.355 e. The minimum Gasteiger partial charge on any atom is -0.493 e. The SMILES string of the molecule is CCOC(=O)c1[nH]c2c(-c3c(COCC4(CCO)CC4)nn(C)c3CC)c(Cl)ccc2c1CCCOc1cccc2ccccc12. The number of halogens is 1. The van der Waals surface area contributed by atoms with E-state index in [0.29, 0.717) is 43.4 Å². The van der Waals surface area contributed by atoms with Crippen molar-refractivity contribution in [2.45, 2.75) is 59.0 Å². The van der Waals surface area contributed by atoms with Crippen molar-refractivity contribution >= 4 is 39.2 Å². The second kappa shape index (κ2) is 13.9. The molecular formula is C37H42ClN3O5. The van der Waals surface area contributed by atoms with Crippen molar-refractivity contribution in [3.63, 3.8) is 0 Å². The number of aromatic nitrogens is 3. The van der Waals surface area contributed by atoms with E-state index in [4.69, 9.17) is 30.9 Å². The van der Waals surface area contributed by atoms with Gasteiger partial charge in [-0.2, -0.15) is 5.10 Å². The summed E-state index contributed by atoms with van der Waals surface area (Å²) in [6, 6.07) is 18.1. The van der Waals surface area contributed by atoms with Crippen LogP contribution in [0.5, 0.6) is 5.75 Å². The van der Waals surface area contributed by atoms with Crippen LogP contribution in [0.2, 0.25) is 5.02 Å². The molecule has 6 rings (SSSR count). The van der Waals surface area contributed by atoms with E-state index in [1.54, 1.807) is 0 Å². The summed E-state index contributed by atoms with van der Waals surface area (Å²) in [6.45, 7) is 5.75. The Morgan fingerprint density at radius 1 is 1.07 bits per heavy atom. The van der Waals surface area contributed by atoms with Gasteiger partial charge in [0.25, 0.3) is 0 Å². The van der Waals surface area contributed by atoms with Gasteiger partial charge >= 0.3 is 5.97 Å². The molecule has 0 spiro atoms. The second-order valence-electron chi connectivity index (χ2n) is 12.2. The number of carbonyl (C=O) groups is 1. The molecule has 1 aliphatic carbocycles. The quantitative estimate of drug-likeness (QED) is 0.0892. The highest BCUT2D eigenvalue weighted by Gasteiger charge is 2.42. The van der Waals surface area contributed by atoms with Crippen LogP contribution >= 0.6 is 11.6 Å². The Balaban J connectivity index is 1.32. The van der Waals surface area contributed by atoms with Gasteiger partial charge in [-0.3, -0.25) is 4.68 Å². The second-order valence-corrected chi connectivity index (χ2v) is 12.6. The lowest BCUT2D eigenvalue weighted by Gasteiger charge is -2.14. The normalized spacial score (nSPS) is 13.8. The van der Waals surface area contributed by atoms with Crippen LogP contribution < -0.4 is 4.74 Å². The minimum absolute atomic E-state index is 0.0785. The van der Waals surface area contributed by atoms with Crippen LogP contribution in [0.3, 0.4) is 0 Å². The molecule has 46 heavy (non-hydrogen) atoms. The first-order valence-electron chi connectivity index (χ1n) is 16.2. The summed E-state index contributed by atoms with van der Waals surface area (Å²) < 4.78 is 19.8. The van der Waals surface area contributed by atoms with Crippen molar-refractivity contribution in [1.82, 2.24) is 14.8 Å². The molecule has 8 nitrogen and oxygen atoms in total. The zero-order valence-electron chi connectivity index (χ0n) is 26.8. The van der Waals surface area contributed by atoms with E-state index in [2.05, 4.69) is 30.1 Å². The van der Waals surface area contributed by atoms with Gasteiger partial charge in [0.15, 0.2) is 0 Å². The number of benzene rings is 3. The summed E-state index contributed by atoms with van der Waals surface area (Å²) in [7, 11) is 1.94. The lowest BCUT2D eigenvalue weighted by molar-refractivity contribution is 0.0519. The van der Waals surface area contributed by atoms with Gasteiger partial charge < -0.3 is 24.3 Å². The fourth-order valence-corrected chi connectivity index (χ4v) is 6.84. The van der Waals surface area contributed by atoms with Crippen LogP contribution in [0.4, 0.5) is 0 Å². The molecule has 0 radical (unpaired) electrons. The summed E-state index contributed by atoms with van der Waals surface area (Å²) in [5.74, 6) is 0.453. The number of aryl methyl sites for hydroxylation is 2. The number of carbonyl (C=O) groups excluding carboxylic acids is 1. The first-order valence-corrected chi connectivity index (χ1v) is 16.6. The summed E-state index contributed by atoms with van der Waals surface area (Å²) >= 11 is 6.99. The number of nitrogens with one attached hydrogen (secondary N) is 1. The molecule has 0 atom stereocenters. The predicted molar refractivity (Wildman–Crippen MR) is 182 cm³/mol. The van der Waals surface area contributed by atoms with Gasteiger partial charge in [0, 0.05) is 41.2 Å². The smallest absolute Gasteiger partial charge is 0.355 e. The Morgan fingerprint density at radius 2 is 1.87 bits per heavy atom. The summed E-state index contributed by atoms with van der Waals surface area (Å²) in [5, 5.41) is 18.0. The van der Waals surface area contributed by atoms with Crippen LogP contribution in [0.1, 0.15) is 67.0 Å². The van der Waals surface area contributed by atoms with Crippen LogP contribution in [0.25, 0.3) is 32.8 Å². The molecule has 1 aliphatic rings. The molecule has 0 bridgehead atoms. The zero-order valence-corrected chi connectivity index (χ0v) is 27.6. The number of aliphatic hydroxyl groups is 1. The average molecular weight is 644 g/mol. The van der Waals surface area contributed by atoms with Gasteiger partial charge in [0.05, 0.1) is 42.7 Å². The van der Waals surface area contributed by atoms with E-state index in [9.17, 15) is 9.90 Å². The largest absolute Gasteiger partial charge is 0.493 e. The average Bonchev–Trinajstić information content (AvgIpc) is 3.61. The summed E-state index contributed by atoms with van der Waals surface area (Å²) in [4.78, 5) is 16.7. The standard InChI is InChI=1S/C37H42ClN3O5/c1-4-30-33(29(40-41(30)3)22-44-23-37(17-18-37)19-20-42)32-28(38)16-15-27-26(35(39-34(27)32)36(43)45-5-2)13-9-21-46-31-14-8-11-24-10-6-7-12-25(24)31/h6-8,10-12,14-16,39,42H,4-5,9,13,17-23H2,1-3H3. The number of H-pyrrole nitrogens is 1. The first kappa shape index (κ1) is 32.1. The zero-order chi connectivity index (χ0) is 32.3. The third-order valence-electron chi connectivity index (χ3n) is 9.16. The lowest BCUT2D eigenvalue weighted by Crippen LogP contribution is -2.12. The Bertz CT molecular complexity index is 1850. The van der Waals surface area contributed by atoms with Crippen LogP contribution in [-0.4, -0.2) is 52.3 Å². The van der Waals surface area contributed by atoms with Gasteiger partial charge in [-0.05, 0) is 73.9 Å². The number of aliphatic hydroxyl groups excluding tert-OH is 1. The fourth-order valence-electron chi connectivity index (χ4n) is 6.59. The molecule has 9 heteroatoms. The number of fused-ring (bicyclic) bond motifs is 2. The molecule has 0 unspecified atom stereocenters. The molecule has 0 saturated heterocycles. The molecule has 1 saturated carbocycles. The molecule has 0 amide bonds. The van der Waals surface area contributed by atoms with Crippen LogP contribution in [0.15, 0.2) is 54.6 Å². The molecule has 2 heterocycles. The molecule has 3 aromatic carbocycles. The summed E-state index contributed by atoms with van der Waals surface area (Å²) in [6.07, 6.45) is 4.94. The Labute approximate surface area is 274 Å². The Kier molecular flexibility index (Phi) is 9.68. The van der Waals surface area contributed by atoms with Crippen molar-refractivity contribution < 1.29 is 24.1 Å². The van der Waals surface area contributed by atoms with Gasteiger partial charge in [-0.25, -0.2) is 4.79 Å². The highest BCUT2D eigenvalue weighted by atomic mass is 35.5. The fraction of sp³-hybridized carbons (Fsp3) is 0.405.